The summed E-state index contributed by atoms with van der Waals surface area (Å²) >= 11 is 11.8. The highest BCUT2D eigenvalue weighted by Gasteiger charge is 2.02. The van der Waals surface area contributed by atoms with Gasteiger partial charge >= 0.3 is 0 Å². The van der Waals surface area contributed by atoms with Gasteiger partial charge in [-0.2, -0.15) is 0 Å². The average molecular weight is 283 g/mol. The van der Waals surface area contributed by atoms with Gasteiger partial charge in [0.05, 0.1) is 11.6 Å². The summed E-state index contributed by atoms with van der Waals surface area (Å²) in [6.45, 7) is 0.633. The van der Waals surface area contributed by atoms with Crippen LogP contribution >= 0.6 is 23.2 Å². The number of hydrogen-bond donors (Lipinski definition) is 0. The highest BCUT2D eigenvalue weighted by molar-refractivity contribution is 6.34. The summed E-state index contributed by atoms with van der Waals surface area (Å²) in [5.74, 6) is 0.525. The van der Waals surface area contributed by atoms with Crippen molar-refractivity contribution in [3.05, 3.63) is 64.1 Å². The van der Waals surface area contributed by atoms with Gasteiger partial charge < -0.3 is 9.47 Å². The number of halogens is 2. The maximum atomic E-state index is 5.95. The Morgan fingerprint density at radius 2 is 1.72 bits per heavy atom. The molecule has 0 aliphatic carbocycles. The van der Waals surface area contributed by atoms with Crippen LogP contribution in [0.3, 0.4) is 0 Å². The normalized spacial score (nSPS) is 10.3. The predicted molar refractivity (Wildman–Crippen MR) is 73.2 cm³/mol. The molecular weight excluding hydrogens is 271 g/mol. The fraction of sp³-hybridized carbons (Fsp3) is 0.143. The molecule has 0 N–H and O–H groups in total. The molecule has 94 valence electrons. The lowest BCUT2D eigenvalue weighted by molar-refractivity contribution is 0.00511. The van der Waals surface area contributed by atoms with Crippen LogP contribution in [-0.4, -0.2) is 6.79 Å². The van der Waals surface area contributed by atoms with Crippen LogP contribution in [0.5, 0.6) is 5.75 Å². The van der Waals surface area contributed by atoms with Crippen molar-refractivity contribution < 1.29 is 9.47 Å². The predicted octanol–water partition coefficient (Wildman–Crippen LogP) is 4.55. The van der Waals surface area contributed by atoms with E-state index >= 15 is 0 Å². The fourth-order valence-electron chi connectivity index (χ4n) is 1.43. The summed E-state index contributed by atoms with van der Waals surface area (Å²) < 4.78 is 10.8. The molecule has 2 aromatic rings. The molecule has 0 atom stereocenters. The lowest BCUT2D eigenvalue weighted by Crippen LogP contribution is -2.03. The van der Waals surface area contributed by atoms with Crippen LogP contribution in [-0.2, 0) is 11.3 Å². The van der Waals surface area contributed by atoms with Gasteiger partial charge in [-0.1, -0.05) is 53.5 Å². The van der Waals surface area contributed by atoms with E-state index in [1.807, 2.05) is 30.3 Å². The molecule has 2 aromatic carbocycles. The van der Waals surface area contributed by atoms with E-state index in [4.69, 9.17) is 32.7 Å². The lowest BCUT2D eigenvalue weighted by Gasteiger charge is -2.09. The van der Waals surface area contributed by atoms with Crippen molar-refractivity contribution in [1.29, 1.82) is 0 Å². The molecule has 0 fully saturated rings. The van der Waals surface area contributed by atoms with E-state index in [0.717, 1.165) is 5.56 Å². The first-order valence-electron chi connectivity index (χ1n) is 5.45. The molecule has 0 amide bonds. The van der Waals surface area contributed by atoms with Gasteiger partial charge in [0.15, 0.2) is 6.79 Å². The minimum absolute atomic E-state index is 0.134. The zero-order valence-corrected chi connectivity index (χ0v) is 11.1. The van der Waals surface area contributed by atoms with Crippen LogP contribution < -0.4 is 4.74 Å². The van der Waals surface area contributed by atoms with Gasteiger partial charge in [0, 0.05) is 11.1 Å². The molecule has 0 saturated heterocycles. The van der Waals surface area contributed by atoms with E-state index in [-0.39, 0.29) is 6.79 Å². The summed E-state index contributed by atoms with van der Waals surface area (Å²) in [6, 6.07) is 14.9. The molecule has 0 aromatic heterocycles. The van der Waals surface area contributed by atoms with Crippen LogP contribution in [0.15, 0.2) is 48.5 Å². The maximum absolute atomic E-state index is 5.95. The van der Waals surface area contributed by atoms with Crippen molar-refractivity contribution in [3.63, 3.8) is 0 Å². The number of hydrogen-bond acceptors (Lipinski definition) is 2. The summed E-state index contributed by atoms with van der Waals surface area (Å²) in [7, 11) is 0. The monoisotopic (exact) mass is 282 g/mol. The zero-order chi connectivity index (χ0) is 12.8. The minimum atomic E-state index is 0.134. The van der Waals surface area contributed by atoms with Gasteiger partial charge in [-0.05, 0) is 17.7 Å². The second-order valence-electron chi connectivity index (χ2n) is 3.67. The average Bonchev–Trinajstić information content (AvgIpc) is 2.40. The highest BCUT2D eigenvalue weighted by atomic mass is 35.5. The molecule has 0 aliphatic rings. The Hall–Kier alpha value is -1.22. The Morgan fingerprint density at radius 3 is 2.50 bits per heavy atom. The molecule has 0 unspecified atom stereocenters. The van der Waals surface area contributed by atoms with Crippen LogP contribution in [0, 0.1) is 0 Å². The van der Waals surface area contributed by atoms with E-state index in [2.05, 4.69) is 0 Å². The molecule has 0 radical (unpaired) electrons. The van der Waals surface area contributed by atoms with Crippen molar-refractivity contribution in [3.8, 4) is 5.75 Å². The Balaban J connectivity index is 1.80. The van der Waals surface area contributed by atoms with E-state index in [1.165, 1.54) is 0 Å². The van der Waals surface area contributed by atoms with Gasteiger partial charge in [-0.15, -0.1) is 0 Å². The Morgan fingerprint density at radius 1 is 0.944 bits per heavy atom. The standard InChI is InChI=1S/C14H12Cl2O2/c15-12-6-7-13(16)14(8-12)18-10-17-9-11-4-2-1-3-5-11/h1-8H,9-10H2. The van der Waals surface area contributed by atoms with Gasteiger partial charge in [0.1, 0.15) is 5.75 Å². The van der Waals surface area contributed by atoms with E-state index in [9.17, 15) is 0 Å². The third-order valence-corrected chi connectivity index (χ3v) is 2.85. The second-order valence-corrected chi connectivity index (χ2v) is 4.51. The van der Waals surface area contributed by atoms with E-state index in [1.54, 1.807) is 18.2 Å². The van der Waals surface area contributed by atoms with E-state index < -0.39 is 0 Å². The largest absolute Gasteiger partial charge is 0.466 e. The first-order chi connectivity index (χ1) is 8.75. The van der Waals surface area contributed by atoms with Gasteiger partial charge in [-0.25, -0.2) is 0 Å². The Kier molecular flexibility index (Phi) is 4.88. The first-order valence-corrected chi connectivity index (χ1v) is 6.21. The molecule has 0 bridgehead atoms. The summed E-state index contributed by atoms with van der Waals surface area (Å²) in [6.07, 6.45) is 0. The smallest absolute Gasteiger partial charge is 0.189 e. The number of benzene rings is 2. The maximum Gasteiger partial charge on any atom is 0.189 e. The molecule has 2 nitrogen and oxygen atoms in total. The van der Waals surface area contributed by atoms with Gasteiger partial charge in [-0.3, -0.25) is 0 Å². The van der Waals surface area contributed by atoms with Crippen molar-refractivity contribution >= 4 is 23.2 Å². The first kappa shape index (κ1) is 13.2. The molecular formula is C14H12Cl2O2. The van der Waals surface area contributed by atoms with Crippen molar-refractivity contribution in [1.82, 2.24) is 0 Å². The molecule has 0 saturated carbocycles. The summed E-state index contributed by atoms with van der Waals surface area (Å²) in [5, 5.41) is 1.10. The molecule has 0 aliphatic heterocycles. The Bertz CT molecular complexity index is 500. The third kappa shape index (κ3) is 3.91. The molecule has 0 spiro atoms. The number of ether oxygens (including phenoxy) is 2. The fourth-order valence-corrected chi connectivity index (χ4v) is 1.76. The molecule has 2 rings (SSSR count). The lowest BCUT2D eigenvalue weighted by atomic mass is 10.2. The SMILES string of the molecule is Clc1ccc(Cl)c(OCOCc2ccccc2)c1. The zero-order valence-electron chi connectivity index (χ0n) is 9.61. The molecule has 4 heteroatoms. The Labute approximate surface area is 116 Å². The van der Waals surface area contributed by atoms with Gasteiger partial charge in [0.2, 0.25) is 0 Å². The topological polar surface area (TPSA) is 18.5 Å². The molecule has 0 heterocycles. The van der Waals surface area contributed by atoms with Crippen LogP contribution in [0.2, 0.25) is 10.0 Å². The van der Waals surface area contributed by atoms with E-state index in [0.29, 0.717) is 22.4 Å². The highest BCUT2D eigenvalue weighted by Crippen LogP contribution is 2.27. The summed E-state index contributed by atoms with van der Waals surface area (Å²) in [5.41, 5.74) is 1.10. The molecule has 18 heavy (non-hydrogen) atoms. The summed E-state index contributed by atoms with van der Waals surface area (Å²) in [4.78, 5) is 0. The van der Waals surface area contributed by atoms with Crippen molar-refractivity contribution in [2.24, 2.45) is 0 Å². The second kappa shape index (κ2) is 6.64. The minimum Gasteiger partial charge on any atom is -0.466 e. The van der Waals surface area contributed by atoms with Gasteiger partial charge in [0.25, 0.3) is 0 Å². The third-order valence-electron chi connectivity index (χ3n) is 2.30. The van der Waals surface area contributed by atoms with Crippen LogP contribution in [0.4, 0.5) is 0 Å². The van der Waals surface area contributed by atoms with Crippen LogP contribution in [0.25, 0.3) is 0 Å². The van der Waals surface area contributed by atoms with Crippen molar-refractivity contribution in [2.45, 2.75) is 6.61 Å². The quantitative estimate of drug-likeness (QED) is 0.592. The van der Waals surface area contributed by atoms with Crippen molar-refractivity contribution in [2.75, 3.05) is 6.79 Å². The number of rotatable bonds is 5. The van der Waals surface area contributed by atoms with Crippen LogP contribution in [0.1, 0.15) is 5.56 Å².